The predicted molar refractivity (Wildman–Crippen MR) is 54.8 cm³/mol. The Hall–Kier alpha value is -1.17. The lowest BCUT2D eigenvalue weighted by molar-refractivity contribution is -0.156. The highest BCUT2D eigenvalue weighted by molar-refractivity contribution is 6.30. The molecule has 2 heterocycles. The molecule has 1 N–H and O–H groups in total. The molecule has 2 rings (SSSR count). The summed E-state index contributed by atoms with van der Waals surface area (Å²) in [4.78, 5) is 5.39. The van der Waals surface area contributed by atoms with Gasteiger partial charge in [0.2, 0.25) is 5.96 Å². The van der Waals surface area contributed by atoms with E-state index in [0.717, 1.165) is 0 Å². The number of guanidine groups is 1. The number of halogens is 4. The minimum Gasteiger partial charge on any atom is -0.344 e. The number of allylic oxidation sites excluding steroid dienone is 1. The first-order valence-electron chi connectivity index (χ1n) is 4.63. The molecular weight excluding hydrogens is 243 g/mol. The second-order valence-corrected chi connectivity index (χ2v) is 3.96. The van der Waals surface area contributed by atoms with E-state index in [-0.39, 0.29) is 24.1 Å². The Morgan fingerprint density at radius 2 is 2.25 bits per heavy atom. The van der Waals surface area contributed by atoms with Crippen LogP contribution in [0.2, 0.25) is 0 Å². The number of hydrogen-bond donors (Lipinski definition) is 1. The summed E-state index contributed by atoms with van der Waals surface area (Å²) in [6.07, 6.45) is -2.79. The van der Waals surface area contributed by atoms with Crippen LogP contribution < -0.4 is 5.32 Å². The van der Waals surface area contributed by atoms with Crippen LogP contribution in [0.25, 0.3) is 0 Å². The Kier molecular flexibility index (Phi) is 2.61. The fourth-order valence-corrected chi connectivity index (χ4v) is 1.84. The second-order valence-electron chi connectivity index (χ2n) is 3.57. The van der Waals surface area contributed by atoms with Crippen molar-refractivity contribution in [1.29, 1.82) is 0 Å². The summed E-state index contributed by atoms with van der Waals surface area (Å²) >= 11 is 5.66. The molecule has 0 aromatic carbocycles. The Balaban J connectivity index is 2.21. The van der Waals surface area contributed by atoms with Crippen molar-refractivity contribution in [3.8, 4) is 0 Å². The van der Waals surface area contributed by atoms with Gasteiger partial charge in [0.1, 0.15) is 11.2 Å². The van der Waals surface area contributed by atoms with Crippen LogP contribution in [0.15, 0.2) is 28.5 Å². The van der Waals surface area contributed by atoms with Gasteiger partial charge in [0, 0.05) is 12.2 Å². The number of nitrogens with one attached hydrogen (secondary N) is 1. The molecule has 0 aromatic heterocycles. The summed E-state index contributed by atoms with van der Waals surface area (Å²) in [7, 11) is 0. The molecule has 2 aliphatic rings. The van der Waals surface area contributed by atoms with E-state index in [0.29, 0.717) is 5.70 Å². The molecule has 0 amide bonds. The minimum absolute atomic E-state index is 0.0347. The van der Waals surface area contributed by atoms with Gasteiger partial charge in [-0.1, -0.05) is 18.2 Å². The lowest BCUT2D eigenvalue weighted by atomic mass is 10.1. The van der Waals surface area contributed by atoms with Gasteiger partial charge in [0.05, 0.1) is 0 Å². The Bertz CT molecular complexity index is 386. The number of aliphatic imine (C=N–C) groups is 1. The largest absolute Gasteiger partial charge is 0.408 e. The van der Waals surface area contributed by atoms with Crippen LogP contribution in [0.1, 0.15) is 6.42 Å². The molecule has 7 heteroatoms. The van der Waals surface area contributed by atoms with Crippen molar-refractivity contribution in [2.75, 3.05) is 6.54 Å². The summed E-state index contributed by atoms with van der Waals surface area (Å²) in [5.74, 6) is 0.117. The van der Waals surface area contributed by atoms with Crippen LogP contribution in [0, 0.1) is 0 Å². The van der Waals surface area contributed by atoms with Gasteiger partial charge >= 0.3 is 6.18 Å². The van der Waals surface area contributed by atoms with Crippen molar-refractivity contribution in [2.24, 2.45) is 4.99 Å². The monoisotopic (exact) mass is 251 g/mol. The number of hydrogen-bond acceptors (Lipinski definition) is 3. The summed E-state index contributed by atoms with van der Waals surface area (Å²) < 4.78 is 37.5. The summed E-state index contributed by atoms with van der Waals surface area (Å²) in [5, 5.41) is 2.45. The van der Waals surface area contributed by atoms with Gasteiger partial charge in [0.15, 0.2) is 0 Å². The Labute approximate surface area is 95.3 Å². The maximum Gasteiger partial charge on any atom is 0.408 e. The molecule has 16 heavy (non-hydrogen) atoms. The van der Waals surface area contributed by atoms with E-state index in [9.17, 15) is 13.2 Å². The second kappa shape index (κ2) is 3.69. The molecule has 2 aliphatic heterocycles. The zero-order chi connectivity index (χ0) is 11.9. The highest BCUT2D eigenvalue weighted by Crippen LogP contribution is 2.28. The SMILES string of the molecule is C=C1C=C(Cl)N=C2N[C@H](C(F)(F)F)CCN12. The topological polar surface area (TPSA) is 27.6 Å². The van der Waals surface area contributed by atoms with Crippen molar-refractivity contribution in [3.63, 3.8) is 0 Å². The van der Waals surface area contributed by atoms with E-state index >= 15 is 0 Å². The Morgan fingerprint density at radius 1 is 1.56 bits per heavy atom. The molecule has 0 saturated carbocycles. The first-order chi connectivity index (χ1) is 7.38. The molecule has 0 aliphatic carbocycles. The molecule has 3 nitrogen and oxygen atoms in total. The van der Waals surface area contributed by atoms with Gasteiger partial charge in [-0.3, -0.25) is 0 Å². The van der Waals surface area contributed by atoms with Crippen LogP contribution in [0.5, 0.6) is 0 Å². The van der Waals surface area contributed by atoms with Gasteiger partial charge in [-0.25, -0.2) is 4.99 Å². The first-order valence-corrected chi connectivity index (χ1v) is 5.01. The molecule has 0 aromatic rings. The van der Waals surface area contributed by atoms with Crippen molar-refractivity contribution in [3.05, 3.63) is 23.5 Å². The predicted octanol–water partition coefficient (Wildman–Crippen LogP) is 2.18. The van der Waals surface area contributed by atoms with Gasteiger partial charge in [0.25, 0.3) is 0 Å². The van der Waals surface area contributed by atoms with Gasteiger partial charge in [-0.2, -0.15) is 13.2 Å². The molecule has 88 valence electrons. The molecule has 1 saturated heterocycles. The molecule has 1 fully saturated rings. The summed E-state index contributed by atoms with van der Waals surface area (Å²) in [5.41, 5.74) is 0.545. The van der Waals surface area contributed by atoms with Gasteiger partial charge in [-0.05, 0) is 12.5 Å². The maximum absolute atomic E-state index is 12.5. The average Bonchev–Trinajstić information content (AvgIpc) is 2.15. The van der Waals surface area contributed by atoms with Gasteiger partial charge in [-0.15, -0.1) is 0 Å². The van der Waals surface area contributed by atoms with E-state index < -0.39 is 12.2 Å². The van der Waals surface area contributed by atoms with Gasteiger partial charge < -0.3 is 10.2 Å². The smallest absolute Gasteiger partial charge is 0.344 e. The van der Waals surface area contributed by atoms with Crippen molar-refractivity contribution < 1.29 is 13.2 Å². The third-order valence-electron chi connectivity index (χ3n) is 2.44. The zero-order valence-electron chi connectivity index (χ0n) is 8.18. The van der Waals surface area contributed by atoms with Crippen molar-refractivity contribution in [2.45, 2.75) is 18.6 Å². The van der Waals surface area contributed by atoms with Crippen molar-refractivity contribution >= 4 is 17.6 Å². The molecule has 0 unspecified atom stereocenters. The molecular formula is C9H9ClF3N3. The first kappa shape index (κ1) is 11.3. The fourth-order valence-electron chi connectivity index (χ4n) is 1.64. The van der Waals surface area contributed by atoms with Crippen LogP contribution in [-0.2, 0) is 0 Å². The van der Waals surface area contributed by atoms with Crippen LogP contribution in [-0.4, -0.2) is 29.6 Å². The highest BCUT2D eigenvalue weighted by Gasteiger charge is 2.43. The van der Waals surface area contributed by atoms with E-state index in [2.05, 4.69) is 16.9 Å². The number of fused-ring (bicyclic) bond motifs is 1. The van der Waals surface area contributed by atoms with E-state index in [1.54, 1.807) is 4.90 Å². The minimum atomic E-state index is -4.27. The van der Waals surface area contributed by atoms with Crippen LogP contribution >= 0.6 is 11.6 Å². The number of alkyl halides is 3. The zero-order valence-corrected chi connectivity index (χ0v) is 8.94. The highest BCUT2D eigenvalue weighted by atomic mass is 35.5. The van der Waals surface area contributed by atoms with Crippen LogP contribution in [0.3, 0.4) is 0 Å². The fraction of sp³-hybridized carbons (Fsp3) is 0.444. The quantitative estimate of drug-likeness (QED) is 0.668. The molecule has 0 radical (unpaired) electrons. The standard InChI is InChI=1S/C9H9ClF3N3/c1-5-4-7(10)15-8-14-6(9(11,12)13)2-3-16(5)8/h4,6H,1-3H2,(H,14,15)/t6-/m0/s1. The lowest BCUT2D eigenvalue weighted by Crippen LogP contribution is -2.57. The maximum atomic E-state index is 12.5. The van der Waals surface area contributed by atoms with E-state index in [1.807, 2.05) is 0 Å². The molecule has 0 spiro atoms. The normalized spacial score (nSPS) is 25.6. The van der Waals surface area contributed by atoms with Crippen molar-refractivity contribution in [1.82, 2.24) is 10.2 Å². The third kappa shape index (κ3) is 2.02. The lowest BCUT2D eigenvalue weighted by Gasteiger charge is -2.38. The number of nitrogens with zero attached hydrogens (tertiary/aromatic N) is 2. The van der Waals surface area contributed by atoms with E-state index in [1.165, 1.54) is 6.08 Å². The summed E-state index contributed by atoms with van der Waals surface area (Å²) in [6.45, 7) is 3.93. The molecule has 0 bridgehead atoms. The number of rotatable bonds is 0. The van der Waals surface area contributed by atoms with E-state index in [4.69, 9.17) is 11.6 Å². The van der Waals surface area contributed by atoms with Crippen LogP contribution in [0.4, 0.5) is 13.2 Å². The Morgan fingerprint density at radius 3 is 2.88 bits per heavy atom. The molecule has 1 atom stereocenters. The average molecular weight is 252 g/mol. The summed E-state index contributed by atoms with van der Waals surface area (Å²) in [6, 6.07) is -1.57. The third-order valence-corrected chi connectivity index (χ3v) is 2.63.